The third-order valence-corrected chi connectivity index (χ3v) is 2.78. The standard InChI is InChI=1S/C14H17FN4/c1-4-17-14-12(9(2)3)13(18-8-19-14)10-5-11(15)7-16-6-10/h5-9H,4H2,1-3H3,(H,17,18,19). The zero-order valence-corrected chi connectivity index (χ0v) is 11.3. The fourth-order valence-corrected chi connectivity index (χ4v) is 2.02. The van der Waals surface area contributed by atoms with Crippen molar-refractivity contribution in [2.45, 2.75) is 26.7 Å². The topological polar surface area (TPSA) is 50.7 Å². The molecule has 1 N–H and O–H groups in total. The lowest BCUT2D eigenvalue weighted by atomic mass is 9.98. The molecule has 100 valence electrons. The lowest BCUT2D eigenvalue weighted by molar-refractivity contribution is 0.622. The molecular weight excluding hydrogens is 243 g/mol. The van der Waals surface area contributed by atoms with Crippen molar-refractivity contribution in [1.82, 2.24) is 15.0 Å². The maximum atomic E-state index is 13.3. The Balaban J connectivity index is 2.59. The summed E-state index contributed by atoms with van der Waals surface area (Å²) in [7, 11) is 0. The van der Waals surface area contributed by atoms with Crippen LogP contribution in [0.1, 0.15) is 32.3 Å². The molecule has 0 aliphatic rings. The molecule has 2 aromatic heterocycles. The maximum Gasteiger partial charge on any atom is 0.142 e. The Morgan fingerprint density at radius 2 is 2.05 bits per heavy atom. The van der Waals surface area contributed by atoms with Gasteiger partial charge in [0.05, 0.1) is 11.9 Å². The number of halogens is 1. The average molecular weight is 260 g/mol. The highest BCUT2D eigenvalue weighted by atomic mass is 19.1. The molecule has 0 fully saturated rings. The molecule has 0 atom stereocenters. The van der Waals surface area contributed by atoms with Crippen LogP contribution in [0.2, 0.25) is 0 Å². The van der Waals surface area contributed by atoms with Gasteiger partial charge in [-0.25, -0.2) is 14.4 Å². The van der Waals surface area contributed by atoms with Crippen molar-refractivity contribution in [3.63, 3.8) is 0 Å². The molecular formula is C14H17FN4. The Kier molecular flexibility index (Phi) is 4.04. The van der Waals surface area contributed by atoms with Crippen LogP contribution in [0.25, 0.3) is 11.3 Å². The molecule has 0 saturated carbocycles. The second-order valence-electron chi connectivity index (χ2n) is 4.56. The molecule has 0 saturated heterocycles. The van der Waals surface area contributed by atoms with E-state index < -0.39 is 0 Å². The van der Waals surface area contributed by atoms with Crippen molar-refractivity contribution in [3.05, 3.63) is 36.2 Å². The largest absolute Gasteiger partial charge is 0.370 e. The fraction of sp³-hybridized carbons (Fsp3) is 0.357. The van der Waals surface area contributed by atoms with Crippen molar-refractivity contribution in [2.24, 2.45) is 0 Å². The van der Waals surface area contributed by atoms with E-state index in [0.717, 1.165) is 23.6 Å². The van der Waals surface area contributed by atoms with Crippen molar-refractivity contribution in [2.75, 3.05) is 11.9 Å². The van der Waals surface area contributed by atoms with Gasteiger partial charge < -0.3 is 5.32 Å². The van der Waals surface area contributed by atoms with Crippen LogP contribution in [0.5, 0.6) is 0 Å². The summed E-state index contributed by atoms with van der Waals surface area (Å²) in [4.78, 5) is 12.4. The highest BCUT2D eigenvalue weighted by Crippen LogP contribution is 2.31. The number of nitrogens with zero attached hydrogens (tertiary/aromatic N) is 3. The third kappa shape index (κ3) is 2.86. The van der Waals surface area contributed by atoms with Gasteiger partial charge in [0.2, 0.25) is 0 Å². The number of hydrogen-bond acceptors (Lipinski definition) is 4. The van der Waals surface area contributed by atoms with Crippen LogP contribution >= 0.6 is 0 Å². The Morgan fingerprint density at radius 3 is 2.68 bits per heavy atom. The molecule has 0 aromatic carbocycles. The molecule has 0 spiro atoms. The van der Waals surface area contributed by atoms with Gasteiger partial charge in [0, 0.05) is 23.9 Å². The molecule has 0 aliphatic carbocycles. The van der Waals surface area contributed by atoms with Crippen molar-refractivity contribution >= 4 is 5.82 Å². The minimum absolute atomic E-state index is 0.230. The first-order chi connectivity index (χ1) is 9.13. The Bertz CT molecular complexity index is 569. The predicted molar refractivity (Wildman–Crippen MR) is 73.5 cm³/mol. The van der Waals surface area contributed by atoms with Crippen molar-refractivity contribution in [3.8, 4) is 11.3 Å². The van der Waals surface area contributed by atoms with E-state index in [4.69, 9.17) is 0 Å². The van der Waals surface area contributed by atoms with Crippen LogP contribution in [0.15, 0.2) is 24.8 Å². The summed E-state index contributed by atoms with van der Waals surface area (Å²) in [5.41, 5.74) is 2.38. The number of rotatable bonds is 4. The minimum Gasteiger partial charge on any atom is -0.370 e. The lowest BCUT2D eigenvalue weighted by Gasteiger charge is -2.16. The molecule has 19 heavy (non-hydrogen) atoms. The first-order valence-corrected chi connectivity index (χ1v) is 6.33. The quantitative estimate of drug-likeness (QED) is 0.917. The van der Waals surface area contributed by atoms with E-state index in [9.17, 15) is 4.39 Å². The van der Waals surface area contributed by atoms with Gasteiger partial charge >= 0.3 is 0 Å². The smallest absolute Gasteiger partial charge is 0.142 e. The fourth-order valence-electron chi connectivity index (χ4n) is 2.02. The van der Waals surface area contributed by atoms with Gasteiger partial charge in [0.15, 0.2) is 0 Å². The van der Waals surface area contributed by atoms with Crippen molar-refractivity contribution < 1.29 is 4.39 Å². The van der Waals surface area contributed by atoms with E-state index in [1.165, 1.54) is 18.6 Å². The molecule has 2 heterocycles. The van der Waals surface area contributed by atoms with Gasteiger partial charge in [-0.15, -0.1) is 0 Å². The van der Waals surface area contributed by atoms with E-state index in [1.54, 1.807) is 6.20 Å². The van der Waals surface area contributed by atoms with E-state index >= 15 is 0 Å². The number of aromatic nitrogens is 3. The van der Waals surface area contributed by atoms with Gasteiger partial charge in [-0.3, -0.25) is 4.98 Å². The van der Waals surface area contributed by atoms with Gasteiger partial charge in [-0.2, -0.15) is 0 Å². The third-order valence-electron chi connectivity index (χ3n) is 2.78. The van der Waals surface area contributed by atoms with E-state index in [1.807, 2.05) is 6.92 Å². The number of pyridine rings is 1. The molecule has 2 aromatic rings. The molecule has 0 aliphatic heterocycles. The predicted octanol–water partition coefficient (Wildman–Crippen LogP) is 3.23. The number of anilines is 1. The first kappa shape index (κ1) is 13.4. The summed E-state index contributed by atoms with van der Waals surface area (Å²) in [5, 5.41) is 3.22. The zero-order chi connectivity index (χ0) is 13.8. The van der Waals surface area contributed by atoms with Crippen LogP contribution in [0, 0.1) is 5.82 Å². The highest BCUT2D eigenvalue weighted by molar-refractivity contribution is 5.68. The minimum atomic E-state index is -0.365. The summed E-state index contributed by atoms with van der Waals surface area (Å²) in [5.74, 6) is 0.663. The summed E-state index contributed by atoms with van der Waals surface area (Å²) in [6.07, 6.45) is 4.29. The highest BCUT2D eigenvalue weighted by Gasteiger charge is 2.16. The summed E-state index contributed by atoms with van der Waals surface area (Å²) in [6, 6.07) is 1.44. The average Bonchev–Trinajstić information content (AvgIpc) is 2.38. The van der Waals surface area contributed by atoms with Crippen LogP contribution < -0.4 is 5.32 Å². The summed E-state index contributed by atoms with van der Waals surface area (Å²) < 4.78 is 13.3. The summed E-state index contributed by atoms with van der Waals surface area (Å²) >= 11 is 0. The monoisotopic (exact) mass is 260 g/mol. The Hall–Kier alpha value is -2.04. The molecule has 4 nitrogen and oxygen atoms in total. The van der Waals surface area contributed by atoms with Crippen molar-refractivity contribution in [1.29, 1.82) is 0 Å². The maximum absolute atomic E-state index is 13.3. The molecule has 2 rings (SSSR count). The van der Waals surface area contributed by atoms with Gasteiger partial charge in [-0.1, -0.05) is 13.8 Å². The second kappa shape index (κ2) is 5.73. The van der Waals surface area contributed by atoms with Gasteiger partial charge in [0.25, 0.3) is 0 Å². The second-order valence-corrected chi connectivity index (χ2v) is 4.56. The number of hydrogen-bond donors (Lipinski definition) is 1. The molecule has 0 radical (unpaired) electrons. The molecule has 0 unspecified atom stereocenters. The van der Waals surface area contributed by atoms with Crippen LogP contribution in [-0.2, 0) is 0 Å². The van der Waals surface area contributed by atoms with Crippen LogP contribution in [0.4, 0.5) is 10.2 Å². The zero-order valence-electron chi connectivity index (χ0n) is 11.3. The van der Waals surface area contributed by atoms with Crippen LogP contribution in [0.3, 0.4) is 0 Å². The van der Waals surface area contributed by atoms with Crippen LogP contribution in [-0.4, -0.2) is 21.5 Å². The first-order valence-electron chi connectivity index (χ1n) is 6.33. The molecule has 0 amide bonds. The van der Waals surface area contributed by atoms with E-state index in [2.05, 4.69) is 34.1 Å². The molecule has 0 bridgehead atoms. The van der Waals surface area contributed by atoms with E-state index in [0.29, 0.717) is 5.56 Å². The molecule has 5 heteroatoms. The lowest BCUT2D eigenvalue weighted by Crippen LogP contribution is -2.07. The van der Waals surface area contributed by atoms with Gasteiger partial charge in [0.1, 0.15) is 18.0 Å². The van der Waals surface area contributed by atoms with E-state index in [-0.39, 0.29) is 11.7 Å². The van der Waals surface area contributed by atoms with Gasteiger partial charge in [-0.05, 0) is 18.9 Å². The normalized spacial score (nSPS) is 10.8. The Morgan fingerprint density at radius 1 is 1.26 bits per heavy atom. The number of nitrogens with one attached hydrogen (secondary N) is 1. The summed E-state index contributed by atoms with van der Waals surface area (Å²) in [6.45, 7) is 6.92. The Labute approximate surface area is 112 Å². The SMILES string of the molecule is CCNc1ncnc(-c2cncc(F)c2)c1C(C)C.